The van der Waals surface area contributed by atoms with E-state index in [1.165, 1.54) is 32.1 Å². The lowest BCUT2D eigenvalue weighted by atomic mass is 9.76. The van der Waals surface area contributed by atoms with Crippen molar-refractivity contribution in [3.8, 4) is 12.3 Å². The van der Waals surface area contributed by atoms with E-state index in [1.807, 2.05) is 0 Å². The third-order valence-electron chi connectivity index (χ3n) is 4.10. The van der Waals surface area contributed by atoms with Crippen molar-refractivity contribution < 1.29 is 0 Å². The summed E-state index contributed by atoms with van der Waals surface area (Å²) in [4.78, 5) is 0. The Labute approximate surface area is 101 Å². The highest BCUT2D eigenvalue weighted by Crippen LogP contribution is 2.33. The molecule has 1 nitrogen and oxygen atoms in total. The molecule has 92 valence electrons. The maximum atomic E-state index is 5.37. The van der Waals surface area contributed by atoms with E-state index >= 15 is 0 Å². The number of rotatable bonds is 6. The number of terminal acetylenes is 1. The van der Waals surface area contributed by atoms with Gasteiger partial charge in [-0.05, 0) is 37.6 Å². The van der Waals surface area contributed by atoms with E-state index in [1.54, 1.807) is 0 Å². The van der Waals surface area contributed by atoms with Crippen molar-refractivity contribution in [2.24, 2.45) is 11.8 Å². The first kappa shape index (κ1) is 13.6. The molecular formula is C15H27N. The molecule has 0 aromatic rings. The third kappa shape index (κ3) is 4.18. The van der Waals surface area contributed by atoms with Crippen LogP contribution in [0.3, 0.4) is 0 Å². The van der Waals surface area contributed by atoms with Crippen LogP contribution in [0.4, 0.5) is 0 Å². The van der Waals surface area contributed by atoms with Crippen LogP contribution in [0.15, 0.2) is 0 Å². The Morgan fingerprint density at radius 3 is 2.44 bits per heavy atom. The molecule has 1 aliphatic carbocycles. The first-order valence-corrected chi connectivity index (χ1v) is 6.98. The molecule has 0 aliphatic heterocycles. The molecule has 1 aliphatic rings. The van der Waals surface area contributed by atoms with E-state index in [0.717, 1.165) is 31.2 Å². The van der Waals surface area contributed by atoms with E-state index in [2.05, 4.69) is 25.1 Å². The Kier molecular flexibility index (Phi) is 6.57. The summed E-state index contributed by atoms with van der Waals surface area (Å²) in [5, 5.41) is 3.62. The smallest absolute Gasteiger partial charge is 0.0104 e. The Balaban J connectivity index is 2.37. The molecule has 1 N–H and O–H groups in total. The summed E-state index contributed by atoms with van der Waals surface area (Å²) < 4.78 is 0. The summed E-state index contributed by atoms with van der Waals surface area (Å²) in [6, 6.07) is 0.666. The van der Waals surface area contributed by atoms with E-state index in [-0.39, 0.29) is 0 Å². The molecule has 1 saturated carbocycles. The summed E-state index contributed by atoms with van der Waals surface area (Å²) in [7, 11) is 0. The molecule has 0 amide bonds. The second-order valence-corrected chi connectivity index (χ2v) is 5.10. The topological polar surface area (TPSA) is 12.0 Å². The van der Waals surface area contributed by atoms with Gasteiger partial charge in [0.1, 0.15) is 0 Å². The normalized spacial score (nSPS) is 27.3. The second-order valence-electron chi connectivity index (χ2n) is 5.10. The van der Waals surface area contributed by atoms with Crippen LogP contribution in [0.2, 0.25) is 0 Å². The summed E-state index contributed by atoms with van der Waals surface area (Å²) in [6.45, 7) is 5.59. The minimum Gasteiger partial charge on any atom is -0.314 e. The van der Waals surface area contributed by atoms with Crippen molar-refractivity contribution in [1.29, 1.82) is 0 Å². The highest BCUT2D eigenvalue weighted by Gasteiger charge is 2.25. The Hall–Kier alpha value is -0.480. The van der Waals surface area contributed by atoms with Crippen LogP contribution in [-0.2, 0) is 0 Å². The molecule has 0 radical (unpaired) electrons. The van der Waals surface area contributed by atoms with Gasteiger partial charge in [0.25, 0.3) is 0 Å². The average molecular weight is 221 g/mol. The van der Waals surface area contributed by atoms with Crippen molar-refractivity contribution in [1.82, 2.24) is 5.32 Å². The molecule has 1 atom stereocenters. The predicted octanol–water partition coefficient (Wildman–Crippen LogP) is 3.59. The number of hydrogen-bond acceptors (Lipinski definition) is 1. The lowest BCUT2D eigenvalue weighted by molar-refractivity contribution is 0.213. The minimum atomic E-state index is 0.666. The molecule has 0 spiro atoms. The molecule has 0 aromatic heterocycles. The molecule has 0 aromatic carbocycles. The largest absolute Gasteiger partial charge is 0.314 e. The van der Waals surface area contributed by atoms with Crippen molar-refractivity contribution in [3.05, 3.63) is 0 Å². The van der Waals surface area contributed by atoms with Gasteiger partial charge in [0.2, 0.25) is 0 Å². The first-order valence-electron chi connectivity index (χ1n) is 6.98. The lowest BCUT2D eigenvalue weighted by Crippen LogP contribution is -2.38. The van der Waals surface area contributed by atoms with E-state index in [9.17, 15) is 0 Å². The molecule has 1 rings (SSSR count). The van der Waals surface area contributed by atoms with E-state index in [0.29, 0.717) is 6.04 Å². The molecule has 1 heteroatoms. The third-order valence-corrected chi connectivity index (χ3v) is 4.10. The zero-order valence-electron chi connectivity index (χ0n) is 11.0. The summed E-state index contributed by atoms with van der Waals surface area (Å²) in [5.41, 5.74) is 0. The zero-order chi connectivity index (χ0) is 11.8. The van der Waals surface area contributed by atoms with Crippen LogP contribution >= 0.6 is 0 Å². The van der Waals surface area contributed by atoms with Gasteiger partial charge in [-0.3, -0.25) is 0 Å². The second kappa shape index (κ2) is 7.74. The van der Waals surface area contributed by atoms with Gasteiger partial charge in [0.15, 0.2) is 0 Å². The fraction of sp³-hybridized carbons (Fsp3) is 0.867. The summed E-state index contributed by atoms with van der Waals surface area (Å²) >= 11 is 0. The summed E-state index contributed by atoms with van der Waals surface area (Å²) in [6.07, 6.45) is 14.5. The standard InChI is InChI=1S/C15H27N/c1-4-7-8-15(16-6-3)14-11-9-13(5-2)10-12-14/h1,13-16H,5-12H2,2-3H3. The zero-order valence-corrected chi connectivity index (χ0v) is 11.0. The van der Waals surface area contributed by atoms with Crippen molar-refractivity contribution >= 4 is 0 Å². The quantitative estimate of drug-likeness (QED) is 0.676. The first-order chi connectivity index (χ1) is 7.81. The fourth-order valence-corrected chi connectivity index (χ4v) is 3.00. The Morgan fingerprint density at radius 2 is 1.94 bits per heavy atom. The molecule has 0 heterocycles. The highest BCUT2D eigenvalue weighted by molar-refractivity contribution is 4.88. The van der Waals surface area contributed by atoms with Crippen molar-refractivity contribution in [2.45, 2.75) is 64.8 Å². The van der Waals surface area contributed by atoms with Crippen LogP contribution in [-0.4, -0.2) is 12.6 Å². The van der Waals surface area contributed by atoms with Crippen molar-refractivity contribution in [3.63, 3.8) is 0 Å². The van der Waals surface area contributed by atoms with Crippen molar-refractivity contribution in [2.75, 3.05) is 6.54 Å². The van der Waals surface area contributed by atoms with Gasteiger partial charge in [-0.15, -0.1) is 12.3 Å². The molecule has 0 saturated heterocycles. The molecular weight excluding hydrogens is 194 g/mol. The Bertz CT molecular complexity index is 208. The highest BCUT2D eigenvalue weighted by atomic mass is 14.9. The lowest BCUT2D eigenvalue weighted by Gasteiger charge is -2.34. The van der Waals surface area contributed by atoms with Gasteiger partial charge in [-0.2, -0.15) is 0 Å². The molecule has 1 fully saturated rings. The van der Waals surface area contributed by atoms with E-state index < -0.39 is 0 Å². The van der Waals surface area contributed by atoms with Gasteiger partial charge in [0, 0.05) is 12.5 Å². The van der Waals surface area contributed by atoms with Gasteiger partial charge in [0.05, 0.1) is 0 Å². The maximum Gasteiger partial charge on any atom is 0.0104 e. The van der Waals surface area contributed by atoms with Crippen LogP contribution < -0.4 is 5.32 Å². The van der Waals surface area contributed by atoms with Gasteiger partial charge >= 0.3 is 0 Å². The Morgan fingerprint density at radius 1 is 1.25 bits per heavy atom. The van der Waals surface area contributed by atoms with E-state index in [4.69, 9.17) is 6.42 Å². The minimum absolute atomic E-state index is 0.666. The van der Waals surface area contributed by atoms with Crippen LogP contribution in [0.25, 0.3) is 0 Å². The predicted molar refractivity (Wildman–Crippen MR) is 71.3 cm³/mol. The molecule has 16 heavy (non-hydrogen) atoms. The monoisotopic (exact) mass is 221 g/mol. The SMILES string of the molecule is C#CCCC(NCC)C1CCC(CC)CC1. The van der Waals surface area contributed by atoms with Crippen LogP contribution in [0.1, 0.15) is 58.8 Å². The van der Waals surface area contributed by atoms with Crippen LogP contribution in [0, 0.1) is 24.2 Å². The number of nitrogens with one attached hydrogen (secondary N) is 1. The maximum absolute atomic E-state index is 5.37. The average Bonchev–Trinajstić information content (AvgIpc) is 2.35. The molecule has 1 unspecified atom stereocenters. The van der Waals surface area contributed by atoms with Crippen LogP contribution in [0.5, 0.6) is 0 Å². The summed E-state index contributed by atoms with van der Waals surface area (Å²) in [5.74, 6) is 4.64. The van der Waals surface area contributed by atoms with Gasteiger partial charge in [-0.1, -0.05) is 33.1 Å². The number of hydrogen-bond donors (Lipinski definition) is 1. The fourth-order valence-electron chi connectivity index (χ4n) is 3.00. The van der Waals surface area contributed by atoms with Gasteiger partial charge < -0.3 is 5.32 Å². The van der Waals surface area contributed by atoms with Gasteiger partial charge in [-0.25, -0.2) is 0 Å². The molecule has 0 bridgehead atoms.